The molecule has 1 amide bonds. The lowest BCUT2D eigenvalue weighted by Gasteiger charge is -2.26. The van der Waals surface area contributed by atoms with E-state index in [2.05, 4.69) is 5.10 Å². The summed E-state index contributed by atoms with van der Waals surface area (Å²) in [6, 6.07) is 7.56. The molecule has 1 fully saturated rings. The highest BCUT2D eigenvalue weighted by Crippen LogP contribution is 2.38. The van der Waals surface area contributed by atoms with Crippen molar-refractivity contribution in [3.05, 3.63) is 42.2 Å². The Hall–Kier alpha value is -2.50. The van der Waals surface area contributed by atoms with Gasteiger partial charge >= 0.3 is 0 Å². The number of likely N-dealkylation sites (tertiary alicyclic amines) is 1. The summed E-state index contributed by atoms with van der Waals surface area (Å²) in [6.07, 6.45) is 5.39. The summed E-state index contributed by atoms with van der Waals surface area (Å²) < 4.78 is 12.5. The van der Waals surface area contributed by atoms with Crippen molar-refractivity contribution in [1.82, 2.24) is 14.7 Å². The van der Waals surface area contributed by atoms with Gasteiger partial charge in [0.1, 0.15) is 18.0 Å². The Kier molecular flexibility index (Phi) is 4.50. The lowest BCUT2D eigenvalue weighted by molar-refractivity contribution is -0.133. The third-order valence-corrected chi connectivity index (χ3v) is 4.23. The molecule has 6 heteroatoms. The summed E-state index contributed by atoms with van der Waals surface area (Å²) in [4.78, 5) is 14.6. The van der Waals surface area contributed by atoms with Crippen LogP contribution in [0, 0.1) is 0 Å². The molecule has 2 aromatic rings. The number of amides is 1. The lowest BCUT2D eigenvalue weighted by Crippen LogP contribution is -2.33. The first-order valence-corrected chi connectivity index (χ1v) is 7.71. The van der Waals surface area contributed by atoms with E-state index >= 15 is 0 Å². The largest absolute Gasteiger partial charge is 0.497 e. The van der Waals surface area contributed by atoms with E-state index in [0.717, 1.165) is 36.4 Å². The van der Waals surface area contributed by atoms with Gasteiger partial charge in [-0.1, -0.05) is 0 Å². The first kappa shape index (κ1) is 15.4. The van der Waals surface area contributed by atoms with E-state index in [1.54, 1.807) is 31.3 Å². The van der Waals surface area contributed by atoms with Crippen molar-refractivity contribution < 1.29 is 14.3 Å². The van der Waals surface area contributed by atoms with Gasteiger partial charge in [0.2, 0.25) is 5.91 Å². The van der Waals surface area contributed by atoms with E-state index in [-0.39, 0.29) is 18.5 Å². The Balaban J connectivity index is 1.85. The van der Waals surface area contributed by atoms with Gasteiger partial charge in [-0.15, -0.1) is 0 Å². The molecule has 1 atom stereocenters. The second-order valence-corrected chi connectivity index (χ2v) is 5.56. The third-order valence-electron chi connectivity index (χ3n) is 4.23. The van der Waals surface area contributed by atoms with Gasteiger partial charge in [0.15, 0.2) is 0 Å². The van der Waals surface area contributed by atoms with Gasteiger partial charge in [0, 0.05) is 24.5 Å². The Morgan fingerprint density at radius 2 is 2.22 bits per heavy atom. The van der Waals surface area contributed by atoms with Crippen molar-refractivity contribution in [2.75, 3.05) is 20.8 Å². The van der Waals surface area contributed by atoms with Gasteiger partial charge in [-0.05, 0) is 37.1 Å². The molecule has 0 aliphatic carbocycles. The van der Waals surface area contributed by atoms with Crippen molar-refractivity contribution in [1.29, 1.82) is 0 Å². The monoisotopic (exact) mass is 315 g/mol. The number of rotatable bonds is 5. The highest BCUT2D eigenvalue weighted by Gasteiger charge is 2.32. The highest BCUT2D eigenvalue weighted by atomic mass is 16.5. The fourth-order valence-electron chi connectivity index (χ4n) is 3.11. The van der Waals surface area contributed by atoms with Crippen molar-refractivity contribution in [3.63, 3.8) is 0 Å². The Labute approximate surface area is 135 Å². The molecule has 0 spiro atoms. The number of aromatic nitrogens is 2. The molecular weight excluding hydrogens is 294 g/mol. The average Bonchev–Trinajstić information content (AvgIpc) is 3.25. The van der Waals surface area contributed by atoms with E-state index in [4.69, 9.17) is 9.47 Å². The second kappa shape index (κ2) is 6.73. The minimum atomic E-state index is 0.0168. The maximum absolute atomic E-state index is 12.6. The van der Waals surface area contributed by atoms with E-state index < -0.39 is 0 Å². The Morgan fingerprint density at radius 1 is 1.35 bits per heavy atom. The molecule has 1 aliphatic rings. The van der Waals surface area contributed by atoms with Crippen LogP contribution in [0.15, 0.2) is 36.7 Å². The van der Waals surface area contributed by atoms with Crippen LogP contribution in [0.2, 0.25) is 0 Å². The van der Waals surface area contributed by atoms with E-state index in [9.17, 15) is 4.79 Å². The number of carbonyl (C=O) groups excluding carboxylic acids is 1. The number of hydrogen-bond acceptors (Lipinski definition) is 4. The standard InChI is InChI=1S/C17H21N3O3/c1-22-13-6-7-16(23-2)14(11-13)15-5-3-10-20(15)17(21)12-19-9-4-8-18-19/h4,6-9,11,15H,3,5,10,12H2,1-2H3/t15-/m1/s1. The van der Waals surface area contributed by atoms with Crippen LogP contribution in [-0.2, 0) is 11.3 Å². The van der Waals surface area contributed by atoms with Crippen molar-refractivity contribution in [2.24, 2.45) is 0 Å². The predicted octanol–water partition coefficient (Wildman–Crippen LogP) is 2.26. The molecule has 2 heterocycles. The minimum Gasteiger partial charge on any atom is -0.497 e. The summed E-state index contributed by atoms with van der Waals surface area (Å²) in [5, 5.41) is 4.11. The zero-order valence-electron chi connectivity index (χ0n) is 13.4. The predicted molar refractivity (Wildman–Crippen MR) is 85.5 cm³/mol. The summed E-state index contributed by atoms with van der Waals surface area (Å²) in [7, 11) is 3.29. The minimum absolute atomic E-state index is 0.0168. The summed E-state index contributed by atoms with van der Waals surface area (Å²) in [5.41, 5.74) is 0.998. The molecular formula is C17H21N3O3. The average molecular weight is 315 g/mol. The molecule has 122 valence electrons. The van der Waals surface area contributed by atoms with Crippen LogP contribution in [0.4, 0.5) is 0 Å². The van der Waals surface area contributed by atoms with E-state index in [0.29, 0.717) is 0 Å². The second-order valence-electron chi connectivity index (χ2n) is 5.56. The van der Waals surface area contributed by atoms with Crippen LogP contribution in [0.5, 0.6) is 11.5 Å². The van der Waals surface area contributed by atoms with Gasteiger partial charge < -0.3 is 14.4 Å². The molecule has 0 unspecified atom stereocenters. The van der Waals surface area contributed by atoms with E-state index in [1.165, 1.54) is 0 Å². The molecule has 23 heavy (non-hydrogen) atoms. The first-order valence-electron chi connectivity index (χ1n) is 7.71. The number of nitrogens with zero attached hydrogens (tertiary/aromatic N) is 3. The zero-order valence-corrected chi connectivity index (χ0v) is 13.4. The molecule has 0 bridgehead atoms. The lowest BCUT2D eigenvalue weighted by atomic mass is 10.0. The van der Waals surface area contributed by atoms with Gasteiger partial charge in [0.05, 0.1) is 20.3 Å². The summed E-state index contributed by atoms with van der Waals surface area (Å²) >= 11 is 0. The van der Waals surface area contributed by atoms with Crippen LogP contribution in [0.3, 0.4) is 0 Å². The number of hydrogen-bond donors (Lipinski definition) is 0. The van der Waals surface area contributed by atoms with Crippen molar-refractivity contribution in [3.8, 4) is 11.5 Å². The number of carbonyl (C=O) groups is 1. The van der Waals surface area contributed by atoms with Gasteiger partial charge in [0.25, 0.3) is 0 Å². The van der Waals surface area contributed by atoms with Crippen molar-refractivity contribution >= 4 is 5.91 Å². The van der Waals surface area contributed by atoms with Gasteiger partial charge in [-0.2, -0.15) is 5.10 Å². The summed E-state index contributed by atoms with van der Waals surface area (Å²) in [5.74, 6) is 1.63. The quantitative estimate of drug-likeness (QED) is 0.849. The van der Waals surface area contributed by atoms with Crippen LogP contribution in [0.1, 0.15) is 24.4 Å². The maximum Gasteiger partial charge on any atom is 0.244 e. The van der Waals surface area contributed by atoms with Gasteiger partial charge in [-0.25, -0.2) is 0 Å². The first-order chi connectivity index (χ1) is 11.2. The summed E-state index contributed by atoms with van der Waals surface area (Å²) in [6.45, 7) is 1.01. The molecule has 0 radical (unpaired) electrons. The third kappa shape index (κ3) is 3.16. The maximum atomic E-state index is 12.6. The smallest absolute Gasteiger partial charge is 0.244 e. The molecule has 6 nitrogen and oxygen atoms in total. The topological polar surface area (TPSA) is 56.6 Å². The van der Waals surface area contributed by atoms with E-state index in [1.807, 2.05) is 29.2 Å². The van der Waals surface area contributed by atoms with Crippen molar-refractivity contribution in [2.45, 2.75) is 25.4 Å². The highest BCUT2D eigenvalue weighted by molar-refractivity contribution is 5.77. The molecule has 1 aromatic heterocycles. The fourth-order valence-corrected chi connectivity index (χ4v) is 3.11. The van der Waals surface area contributed by atoms with Crippen LogP contribution in [0.25, 0.3) is 0 Å². The normalized spacial score (nSPS) is 17.3. The van der Waals surface area contributed by atoms with Crippen LogP contribution < -0.4 is 9.47 Å². The molecule has 0 saturated carbocycles. The molecule has 1 aromatic carbocycles. The van der Waals surface area contributed by atoms with Crippen LogP contribution >= 0.6 is 0 Å². The number of ether oxygens (including phenoxy) is 2. The molecule has 0 N–H and O–H groups in total. The Bertz CT molecular complexity index is 670. The van der Waals surface area contributed by atoms with Gasteiger partial charge in [-0.3, -0.25) is 9.48 Å². The fraction of sp³-hybridized carbons (Fsp3) is 0.412. The zero-order chi connectivity index (χ0) is 16.2. The number of benzene rings is 1. The number of methoxy groups -OCH3 is 2. The molecule has 3 rings (SSSR count). The molecule has 1 aliphatic heterocycles. The SMILES string of the molecule is COc1ccc(OC)c([C@H]2CCCN2C(=O)Cn2cccn2)c1. The Morgan fingerprint density at radius 3 is 2.91 bits per heavy atom. The molecule has 1 saturated heterocycles. The van der Waals surface area contributed by atoms with Crippen LogP contribution in [-0.4, -0.2) is 41.4 Å².